The van der Waals surface area contributed by atoms with Gasteiger partial charge in [0.25, 0.3) is 17.7 Å². The van der Waals surface area contributed by atoms with Gasteiger partial charge in [0.2, 0.25) is 0 Å². The molecule has 1 aliphatic heterocycles. The van der Waals surface area contributed by atoms with Crippen molar-refractivity contribution in [3.8, 4) is 16.9 Å². The second-order valence-corrected chi connectivity index (χ2v) is 9.18. The summed E-state index contributed by atoms with van der Waals surface area (Å²) in [5.74, 6) is -1.29. The molecule has 1 aliphatic rings. The first-order chi connectivity index (χ1) is 18.4. The molecular weight excluding hydrogens is 504 g/mol. The Labute approximate surface area is 222 Å². The highest BCUT2D eigenvalue weighted by Crippen LogP contribution is 2.37. The zero-order valence-electron chi connectivity index (χ0n) is 20.5. The van der Waals surface area contributed by atoms with Gasteiger partial charge in [0.1, 0.15) is 16.3 Å². The Morgan fingerprint density at radius 1 is 0.895 bits per heavy atom. The monoisotopic (exact) mass is 526 g/mol. The first kappa shape index (κ1) is 24.9. The Hall–Kier alpha value is -4.76. The van der Waals surface area contributed by atoms with Crippen molar-refractivity contribution in [3.63, 3.8) is 0 Å². The Kier molecular flexibility index (Phi) is 6.76. The number of carbonyl (C=O) groups is 4. The standard InChI is InChI=1S/C29H22N2O6S/c1-3-37-29(35)24-23(17-11-13-20(36-2)14-12-17)16-38-26(24)30-25(32)18-7-6-8-19(15-18)31-27(33)21-9-4-5-10-22(21)28(31)34/h4-16H,3H2,1-2H3,(H,30,32). The molecule has 0 aliphatic carbocycles. The fourth-order valence-electron chi connectivity index (χ4n) is 4.22. The van der Waals surface area contributed by atoms with E-state index in [1.165, 1.54) is 17.4 Å². The highest BCUT2D eigenvalue weighted by Gasteiger charge is 2.36. The Morgan fingerprint density at radius 2 is 1.58 bits per heavy atom. The third-order valence-electron chi connectivity index (χ3n) is 6.06. The number of amides is 3. The van der Waals surface area contributed by atoms with E-state index >= 15 is 0 Å². The molecule has 0 atom stereocenters. The molecule has 0 saturated heterocycles. The fraction of sp³-hybridized carbons (Fsp3) is 0.103. The SMILES string of the molecule is CCOC(=O)c1c(-c2ccc(OC)cc2)csc1NC(=O)c1cccc(N2C(=O)c3ccccc3C2=O)c1. The van der Waals surface area contributed by atoms with E-state index in [0.29, 0.717) is 27.4 Å². The Morgan fingerprint density at radius 3 is 2.21 bits per heavy atom. The van der Waals surface area contributed by atoms with E-state index in [-0.39, 0.29) is 23.4 Å². The van der Waals surface area contributed by atoms with Crippen LogP contribution in [0.4, 0.5) is 10.7 Å². The summed E-state index contributed by atoms with van der Waals surface area (Å²) in [7, 11) is 1.57. The van der Waals surface area contributed by atoms with Gasteiger partial charge in [-0.2, -0.15) is 0 Å². The minimum atomic E-state index is -0.561. The maximum Gasteiger partial charge on any atom is 0.341 e. The lowest BCUT2D eigenvalue weighted by Crippen LogP contribution is -2.29. The maximum atomic E-state index is 13.3. The average molecular weight is 527 g/mol. The quantitative estimate of drug-likeness (QED) is 0.247. The molecule has 38 heavy (non-hydrogen) atoms. The van der Waals surface area contributed by atoms with Crippen LogP contribution in [-0.4, -0.2) is 37.4 Å². The number of nitrogens with one attached hydrogen (secondary N) is 1. The lowest BCUT2D eigenvalue weighted by molar-refractivity contribution is 0.0528. The average Bonchev–Trinajstić information content (AvgIpc) is 3.47. The number of thiophene rings is 1. The highest BCUT2D eigenvalue weighted by molar-refractivity contribution is 7.15. The van der Waals surface area contributed by atoms with Gasteiger partial charge in [-0.1, -0.05) is 30.3 Å². The molecule has 9 heteroatoms. The molecule has 3 aromatic carbocycles. The van der Waals surface area contributed by atoms with E-state index in [1.54, 1.807) is 74.0 Å². The van der Waals surface area contributed by atoms with Gasteiger partial charge in [-0.15, -0.1) is 11.3 Å². The summed E-state index contributed by atoms with van der Waals surface area (Å²) >= 11 is 1.20. The summed E-state index contributed by atoms with van der Waals surface area (Å²) < 4.78 is 10.5. The lowest BCUT2D eigenvalue weighted by atomic mass is 10.0. The fourth-order valence-corrected chi connectivity index (χ4v) is 5.18. The third-order valence-corrected chi connectivity index (χ3v) is 6.95. The summed E-state index contributed by atoms with van der Waals surface area (Å²) in [5, 5.41) is 4.90. The van der Waals surface area contributed by atoms with Crippen LogP contribution in [0.1, 0.15) is 48.4 Å². The van der Waals surface area contributed by atoms with Crippen LogP contribution in [0.15, 0.2) is 78.2 Å². The number of methoxy groups -OCH3 is 1. The number of fused-ring (bicyclic) bond motifs is 1. The molecule has 5 rings (SSSR count). The number of hydrogen-bond donors (Lipinski definition) is 1. The van der Waals surface area contributed by atoms with Gasteiger partial charge in [-0.05, 0) is 55.0 Å². The number of anilines is 2. The normalized spacial score (nSPS) is 12.3. The van der Waals surface area contributed by atoms with Gasteiger partial charge in [0.05, 0.1) is 30.5 Å². The zero-order chi connectivity index (χ0) is 26.8. The maximum absolute atomic E-state index is 13.3. The molecule has 2 heterocycles. The van der Waals surface area contributed by atoms with Gasteiger partial charge < -0.3 is 14.8 Å². The molecular formula is C29H22N2O6S. The number of benzene rings is 3. The highest BCUT2D eigenvalue weighted by atomic mass is 32.1. The van der Waals surface area contributed by atoms with E-state index in [1.807, 2.05) is 12.1 Å². The topological polar surface area (TPSA) is 102 Å². The van der Waals surface area contributed by atoms with Crippen LogP contribution >= 0.6 is 11.3 Å². The molecule has 4 aromatic rings. The van der Waals surface area contributed by atoms with E-state index in [0.717, 1.165) is 10.5 Å². The Bertz CT molecular complexity index is 1540. The third kappa shape index (κ3) is 4.44. The molecule has 0 fully saturated rings. The van der Waals surface area contributed by atoms with Crippen molar-refractivity contribution in [2.75, 3.05) is 23.9 Å². The number of hydrogen-bond acceptors (Lipinski definition) is 7. The lowest BCUT2D eigenvalue weighted by Gasteiger charge is -2.15. The first-order valence-electron chi connectivity index (χ1n) is 11.7. The molecule has 0 radical (unpaired) electrons. The van der Waals surface area contributed by atoms with Gasteiger partial charge >= 0.3 is 5.97 Å². The van der Waals surface area contributed by atoms with Gasteiger partial charge in [0, 0.05) is 16.5 Å². The molecule has 0 bridgehead atoms. The van der Waals surface area contributed by atoms with Crippen molar-refractivity contribution in [2.24, 2.45) is 0 Å². The molecule has 3 amide bonds. The van der Waals surface area contributed by atoms with Crippen molar-refractivity contribution >= 4 is 45.7 Å². The molecule has 1 aromatic heterocycles. The number of carbonyl (C=O) groups excluding carboxylic acids is 4. The number of imide groups is 1. The summed E-state index contributed by atoms with van der Waals surface area (Å²) in [4.78, 5) is 53.0. The predicted molar refractivity (Wildman–Crippen MR) is 144 cm³/mol. The van der Waals surface area contributed by atoms with Crippen LogP contribution in [0, 0.1) is 0 Å². The number of ether oxygens (including phenoxy) is 2. The predicted octanol–water partition coefficient (Wildman–Crippen LogP) is 5.65. The van der Waals surface area contributed by atoms with Crippen LogP contribution in [0.2, 0.25) is 0 Å². The molecule has 0 spiro atoms. The number of esters is 1. The molecule has 1 N–H and O–H groups in total. The molecule has 0 saturated carbocycles. The molecule has 0 unspecified atom stereocenters. The molecule has 190 valence electrons. The number of nitrogens with zero attached hydrogens (tertiary/aromatic N) is 1. The second-order valence-electron chi connectivity index (χ2n) is 8.30. The number of rotatable bonds is 7. The Balaban J connectivity index is 1.44. The van der Waals surface area contributed by atoms with Crippen LogP contribution < -0.4 is 15.0 Å². The largest absolute Gasteiger partial charge is 0.497 e. The van der Waals surface area contributed by atoms with Crippen molar-refractivity contribution in [1.29, 1.82) is 0 Å². The molecule has 8 nitrogen and oxygen atoms in total. The van der Waals surface area contributed by atoms with Crippen LogP contribution in [0.5, 0.6) is 5.75 Å². The van der Waals surface area contributed by atoms with Crippen molar-refractivity contribution in [2.45, 2.75) is 6.92 Å². The van der Waals surface area contributed by atoms with E-state index in [2.05, 4.69) is 5.32 Å². The summed E-state index contributed by atoms with van der Waals surface area (Å²) in [6.45, 7) is 1.88. The van der Waals surface area contributed by atoms with Crippen LogP contribution in [0.3, 0.4) is 0 Å². The van der Waals surface area contributed by atoms with Crippen LogP contribution in [-0.2, 0) is 4.74 Å². The zero-order valence-corrected chi connectivity index (χ0v) is 21.3. The second kappa shape index (κ2) is 10.3. The van der Waals surface area contributed by atoms with E-state index < -0.39 is 23.7 Å². The van der Waals surface area contributed by atoms with Gasteiger partial charge in [-0.3, -0.25) is 14.4 Å². The van der Waals surface area contributed by atoms with Crippen molar-refractivity contribution < 1.29 is 28.7 Å². The van der Waals surface area contributed by atoms with Gasteiger partial charge in [0.15, 0.2) is 0 Å². The van der Waals surface area contributed by atoms with Crippen molar-refractivity contribution in [1.82, 2.24) is 0 Å². The van der Waals surface area contributed by atoms with Gasteiger partial charge in [-0.25, -0.2) is 9.69 Å². The smallest absolute Gasteiger partial charge is 0.341 e. The summed E-state index contributed by atoms with van der Waals surface area (Å²) in [6, 6.07) is 20.0. The summed E-state index contributed by atoms with van der Waals surface area (Å²) in [6.07, 6.45) is 0. The van der Waals surface area contributed by atoms with E-state index in [9.17, 15) is 19.2 Å². The first-order valence-corrected chi connectivity index (χ1v) is 12.6. The van der Waals surface area contributed by atoms with Crippen LogP contribution in [0.25, 0.3) is 11.1 Å². The van der Waals surface area contributed by atoms with Crippen molar-refractivity contribution in [3.05, 3.63) is 100 Å². The summed E-state index contributed by atoms with van der Waals surface area (Å²) in [5.41, 5.74) is 2.75. The minimum absolute atomic E-state index is 0.173. The minimum Gasteiger partial charge on any atom is -0.497 e. The van der Waals surface area contributed by atoms with E-state index in [4.69, 9.17) is 9.47 Å².